The van der Waals surface area contributed by atoms with Crippen molar-refractivity contribution in [2.24, 2.45) is 0 Å². The molecule has 156 valence electrons. The fraction of sp³-hybridized carbons (Fsp3) is 0.550. The van der Waals surface area contributed by atoms with Gasteiger partial charge in [0.1, 0.15) is 5.75 Å². The van der Waals surface area contributed by atoms with Crippen LogP contribution in [0.2, 0.25) is 0 Å². The summed E-state index contributed by atoms with van der Waals surface area (Å²) in [5.74, 6) is 0.187. The lowest BCUT2D eigenvalue weighted by molar-refractivity contribution is -0.137. The van der Waals surface area contributed by atoms with Crippen molar-refractivity contribution < 1.29 is 22.6 Å². The molecular weight excluding hydrogens is 371 g/mol. The second-order valence-electron chi connectivity index (χ2n) is 6.79. The maximum Gasteiger partial charge on any atom is 0.416 e. The van der Waals surface area contributed by atoms with Crippen molar-refractivity contribution in [3.05, 3.63) is 35.7 Å². The molecule has 2 aromatic rings. The SMILES string of the molecule is CCCCN(C)Cc1[nH]ncc1-c1cc(OCCCOC)cc(C(F)(F)F)c1. The Bertz CT molecular complexity index is 732. The highest BCUT2D eigenvalue weighted by atomic mass is 19.4. The third-order valence-electron chi connectivity index (χ3n) is 4.35. The van der Waals surface area contributed by atoms with E-state index in [9.17, 15) is 13.2 Å². The van der Waals surface area contributed by atoms with E-state index in [1.807, 2.05) is 7.05 Å². The number of benzene rings is 1. The molecule has 1 aromatic heterocycles. The van der Waals surface area contributed by atoms with Crippen LogP contribution in [0.4, 0.5) is 13.2 Å². The molecule has 0 unspecified atom stereocenters. The summed E-state index contributed by atoms with van der Waals surface area (Å²) in [6.07, 6.45) is -0.155. The van der Waals surface area contributed by atoms with E-state index < -0.39 is 11.7 Å². The molecule has 0 aliphatic heterocycles. The van der Waals surface area contributed by atoms with Gasteiger partial charge in [-0.2, -0.15) is 18.3 Å². The van der Waals surface area contributed by atoms with E-state index in [4.69, 9.17) is 9.47 Å². The van der Waals surface area contributed by atoms with E-state index in [-0.39, 0.29) is 12.4 Å². The van der Waals surface area contributed by atoms with Gasteiger partial charge in [0.2, 0.25) is 0 Å². The van der Waals surface area contributed by atoms with Crippen LogP contribution in [-0.2, 0) is 17.5 Å². The van der Waals surface area contributed by atoms with Gasteiger partial charge in [0, 0.05) is 32.2 Å². The van der Waals surface area contributed by atoms with E-state index in [0.717, 1.165) is 37.2 Å². The highest BCUT2D eigenvalue weighted by molar-refractivity contribution is 5.68. The molecule has 0 saturated carbocycles. The van der Waals surface area contributed by atoms with Crippen LogP contribution in [0.3, 0.4) is 0 Å². The number of aromatic nitrogens is 2. The average molecular weight is 399 g/mol. The first-order valence-corrected chi connectivity index (χ1v) is 9.40. The minimum absolute atomic E-state index is 0.187. The maximum atomic E-state index is 13.4. The fourth-order valence-corrected chi connectivity index (χ4v) is 2.85. The average Bonchev–Trinajstić information content (AvgIpc) is 3.10. The number of alkyl halides is 3. The van der Waals surface area contributed by atoms with Crippen molar-refractivity contribution in [2.75, 3.05) is 33.9 Å². The molecule has 0 atom stereocenters. The van der Waals surface area contributed by atoms with Gasteiger partial charge in [-0.15, -0.1) is 0 Å². The molecular formula is C20H28F3N3O2. The van der Waals surface area contributed by atoms with E-state index in [1.54, 1.807) is 19.4 Å². The van der Waals surface area contributed by atoms with Crippen LogP contribution in [0.5, 0.6) is 5.75 Å². The molecule has 0 spiro atoms. The molecule has 2 rings (SSSR count). The summed E-state index contributed by atoms with van der Waals surface area (Å²) in [7, 11) is 3.55. The second kappa shape index (κ2) is 10.5. The van der Waals surface area contributed by atoms with E-state index >= 15 is 0 Å². The number of halogens is 3. The van der Waals surface area contributed by atoms with Crippen LogP contribution < -0.4 is 4.74 Å². The van der Waals surface area contributed by atoms with E-state index in [2.05, 4.69) is 22.0 Å². The van der Waals surface area contributed by atoms with Crippen molar-refractivity contribution in [3.63, 3.8) is 0 Å². The van der Waals surface area contributed by atoms with Crippen LogP contribution in [-0.4, -0.2) is 49.0 Å². The first-order valence-electron chi connectivity index (χ1n) is 9.40. The van der Waals surface area contributed by atoms with Crippen molar-refractivity contribution in [1.82, 2.24) is 15.1 Å². The first kappa shape index (κ1) is 22.2. The number of methoxy groups -OCH3 is 1. The number of hydrogen-bond donors (Lipinski definition) is 1. The normalized spacial score (nSPS) is 12.0. The molecule has 0 aliphatic rings. The quantitative estimate of drug-likeness (QED) is 0.555. The Balaban J connectivity index is 2.27. The lowest BCUT2D eigenvalue weighted by Gasteiger charge is -2.17. The van der Waals surface area contributed by atoms with Crippen molar-refractivity contribution in [2.45, 2.75) is 38.9 Å². The molecule has 0 amide bonds. The third-order valence-corrected chi connectivity index (χ3v) is 4.35. The number of aromatic amines is 1. The second-order valence-corrected chi connectivity index (χ2v) is 6.79. The minimum Gasteiger partial charge on any atom is -0.493 e. The molecule has 0 saturated heterocycles. The largest absolute Gasteiger partial charge is 0.493 e. The van der Waals surface area contributed by atoms with Gasteiger partial charge in [-0.1, -0.05) is 13.3 Å². The molecule has 0 fully saturated rings. The van der Waals surface area contributed by atoms with E-state index in [1.165, 1.54) is 0 Å². The molecule has 0 bridgehead atoms. The van der Waals surface area contributed by atoms with Crippen LogP contribution in [0, 0.1) is 0 Å². The van der Waals surface area contributed by atoms with E-state index in [0.29, 0.717) is 30.7 Å². The summed E-state index contributed by atoms with van der Waals surface area (Å²) in [6, 6.07) is 3.80. The highest BCUT2D eigenvalue weighted by Gasteiger charge is 2.32. The van der Waals surface area contributed by atoms with Gasteiger partial charge in [-0.25, -0.2) is 0 Å². The number of H-pyrrole nitrogens is 1. The molecule has 8 heteroatoms. The number of ether oxygens (including phenoxy) is 2. The van der Waals surface area contributed by atoms with Crippen LogP contribution in [0.15, 0.2) is 24.4 Å². The van der Waals surface area contributed by atoms with Gasteiger partial charge in [-0.3, -0.25) is 5.10 Å². The molecule has 0 aliphatic carbocycles. The van der Waals surface area contributed by atoms with Crippen molar-refractivity contribution in [1.29, 1.82) is 0 Å². The van der Waals surface area contributed by atoms with Gasteiger partial charge < -0.3 is 14.4 Å². The Hall–Kier alpha value is -2.06. The summed E-state index contributed by atoms with van der Waals surface area (Å²) in [6.45, 7) is 4.38. The Labute approximate surface area is 163 Å². The van der Waals surface area contributed by atoms with Crippen LogP contribution in [0.25, 0.3) is 11.1 Å². The molecule has 5 nitrogen and oxygen atoms in total. The van der Waals surface area contributed by atoms with Gasteiger partial charge in [0.15, 0.2) is 0 Å². The van der Waals surface area contributed by atoms with Gasteiger partial charge in [-0.05, 0) is 43.8 Å². The summed E-state index contributed by atoms with van der Waals surface area (Å²) in [4.78, 5) is 2.12. The lowest BCUT2D eigenvalue weighted by Crippen LogP contribution is -2.19. The predicted molar refractivity (Wildman–Crippen MR) is 102 cm³/mol. The van der Waals surface area contributed by atoms with Gasteiger partial charge >= 0.3 is 6.18 Å². The highest BCUT2D eigenvalue weighted by Crippen LogP contribution is 2.36. The number of unbranched alkanes of at least 4 members (excludes halogenated alkanes) is 1. The standard InChI is InChI=1S/C20H28F3N3O2/c1-4-5-7-26(2)14-19-18(13-24-25-19)15-10-16(20(21,22)23)12-17(11-15)28-9-6-8-27-3/h10-13H,4-9,14H2,1-3H3,(H,24,25). The zero-order chi connectivity index (χ0) is 20.6. The summed E-state index contributed by atoms with van der Waals surface area (Å²) in [5, 5.41) is 6.97. The maximum absolute atomic E-state index is 13.4. The van der Waals surface area contributed by atoms with Crippen LogP contribution >= 0.6 is 0 Å². The number of nitrogens with zero attached hydrogens (tertiary/aromatic N) is 2. The summed E-state index contributed by atoms with van der Waals surface area (Å²) >= 11 is 0. The molecule has 1 N–H and O–H groups in total. The topological polar surface area (TPSA) is 50.4 Å². The lowest BCUT2D eigenvalue weighted by atomic mass is 10.0. The zero-order valence-electron chi connectivity index (χ0n) is 16.6. The van der Waals surface area contributed by atoms with Crippen LogP contribution in [0.1, 0.15) is 37.4 Å². The Morgan fingerprint density at radius 2 is 1.93 bits per heavy atom. The molecule has 1 heterocycles. The van der Waals surface area contributed by atoms with Crippen molar-refractivity contribution >= 4 is 0 Å². The Kier molecular flexibility index (Phi) is 8.32. The first-order chi connectivity index (χ1) is 13.3. The molecule has 0 radical (unpaired) electrons. The summed E-state index contributed by atoms with van der Waals surface area (Å²) < 4.78 is 50.6. The number of rotatable bonds is 11. The van der Waals surface area contributed by atoms with Gasteiger partial charge in [0.05, 0.1) is 24.1 Å². The predicted octanol–water partition coefficient (Wildman–Crippen LogP) is 4.74. The molecule has 28 heavy (non-hydrogen) atoms. The molecule has 1 aromatic carbocycles. The summed E-state index contributed by atoms with van der Waals surface area (Å²) in [5.41, 5.74) is 1.13. The van der Waals surface area contributed by atoms with Gasteiger partial charge in [0.25, 0.3) is 0 Å². The Morgan fingerprint density at radius 3 is 2.61 bits per heavy atom. The monoisotopic (exact) mass is 399 g/mol. The van der Waals surface area contributed by atoms with Crippen molar-refractivity contribution in [3.8, 4) is 16.9 Å². The number of nitrogens with one attached hydrogen (secondary N) is 1. The fourth-order valence-electron chi connectivity index (χ4n) is 2.85. The third kappa shape index (κ3) is 6.53. The number of hydrogen-bond acceptors (Lipinski definition) is 4. The smallest absolute Gasteiger partial charge is 0.416 e. The zero-order valence-corrected chi connectivity index (χ0v) is 16.6. The Morgan fingerprint density at radius 1 is 1.14 bits per heavy atom. The minimum atomic E-state index is -4.46.